The molecule has 0 aromatic carbocycles. The molecule has 2 aromatic rings. The quantitative estimate of drug-likeness (QED) is 0.927. The van der Waals surface area contributed by atoms with E-state index in [1.807, 2.05) is 12.3 Å². The van der Waals surface area contributed by atoms with Gasteiger partial charge in [0, 0.05) is 30.4 Å². The van der Waals surface area contributed by atoms with Crippen LogP contribution in [0.1, 0.15) is 39.1 Å². The summed E-state index contributed by atoms with van der Waals surface area (Å²) in [6.07, 6.45) is 5.05. The summed E-state index contributed by atoms with van der Waals surface area (Å²) < 4.78 is 5.32. The predicted octanol–water partition coefficient (Wildman–Crippen LogP) is 2.61. The van der Waals surface area contributed by atoms with Gasteiger partial charge < -0.3 is 10.3 Å². The Morgan fingerprint density at radius 3 is 2.75 bits per heavy atom. The molecule has 2 rings (SSSR count). The standard InChI is InChI=1S/C15H22N4O/c1-5-10-9-17-7-6-11(10)14-18-13(20-19-14)8-12(16)15(2,3)4/h6-7,9,12H,5,8,16H2,1-4H3. The first-order valence-corrected chi connectivity index (χ1v) is 6.93. The highest BCUT2D eigenvalue weighted by Gasteiger charge is 2.23. The van der Waals surface area contributed by atoms with Crippen molar-refractivity contribution in [2.75, 3.05) is 0 Å². The lowest BCUT2D eigenvalue weighted by Crippen LogP contribution is -2.36. The number of pyridine rings is 1. The Kier molecular flexibility index (Phi) is 4.18. The largest absolute Gasteiger partial charge is 0.339 e. The molecule has 0 saturated carbocycles. The van der Waals surface area contributed by atoms with Crippen LogP contribution in [-0.4, -0.2) is 21.2 Å². The summed E-state index contributed by atoms with van der Waals surface area (Å²) in [7, 11) is 0. The van der Waals surface area contributed by atoms with Crippen molar-refractivity contribution in [3.8, 4) is 11.4 Å². The highest BCUT2D eigenvalue weighted by atomic mass is 16.5. The number of nitrogens with two attached hydrogens (primary N) is 1. The van der Waals surface area contributed by atoms with Gasteiger partial charge in [-0.05, 0) is 23.5 Å². The van der Waals surface area contributed by atoms with Gasteiger partial charge in [-0.15, -0.1) is 0 Å². The Morgan fingerprint density at radius 2 is 2.10 bits per heavy atom. The maximum absolute atomic E-state index is 6.15. The van der Waals surface area contributed by atoms with Crippen molar-refractivity contribution in [1.29, 1.82) is 0 Å². The third-order valence-corrected chi connectivity index (χ3v) is 3.50. The molecule has 5 nitrogen and oxygen atoms in total. The van der Waals surface area contributed by atoms with Gasteiger partial charge >= 0.3 is 0 Å². The average Bonchev–Trinajstić information content (AvgIpc) is 2.86. The molecule has 0 bridgehead atoms. The van der Waals surface area contributed by atoms with Gasteiger partial charge in [-0.3, -0.25) is 4.98 Å². The first-order chi connectivity index (χ1) is 9.41. The average molecular weight is 274 g/mol. The number of hydrogen-bond acceptors (Lipinski definition) is 5. The first-order valence-electron chi connectivity index (χ1n) is 6.93. The fourth-order valence-electron chi connectivity index (χ4n) is 1.87. The van der Waals surface area contributed by atoms with Crippen LogP contribution >= 0.6 is 0 Å². The Morgan fingerprint density at radius 1 is 1.35 bits per heavy atom. The minimum Gasteiger partial charge on any atom is -0.339 e. The molecule has 0 spiro atoms. The molecular formula is C15H22N4O. The minimum atomic E-state index is -0.0149. The van der Waals surface area contributed by atoms with Crippen molar-refractivity contribution in [2.45, 2.75) is 46.6 Å². The molecule has 0 radical (unpaired) electrons. The van der Waals surface area contributed by atoms with Gasteiger partial charge in [-0.25, -0.2) is 0 Å². The molecule has 0 amide bonds. The fraction of sp³-hybridized carbons (Fsp3) is 0.533. The highest BCUT2D eigenvalue weighted by molar-refractivity contribution is 5.58. The Labute approximate surface area is 119 Å². The molecule has 0 aliphatic rings. The van der Waals surface area contributed by atoms with E-state index >= 15 is 0 Å². The lowest BCUT2D eigenvalue weighted by molar-refractivity contribution is 0.286. The molecule has 0 aliphatic carbocycles. The molecule has 2 heterocycles. The van der Waals surface area contributed by atoms with Crippen LogP contribution in [0.25, 0.3) is 11.4 Å². The van der Waals surface area contributed by atoms with E-state index in [2.05, 4.69) is 42.8 Å². The second-order valence-electron chi connectivity index (χ2n) is 6.07. The minimum absolute atomic E-state index is 0.0138. The van der Waals surface area contributed by atoms with Crippen molar-refractivity contribution in [2.24, 2.45) is 11.1 Å². The second kappa shape index (κ2) is 5.71. The zero-order chi connectivity index (χ0) is 14.8. The molecule has 5 heteroatoms. The van der Waals surface area contributed by atoms with Crippen LogP contribution < -0.4 is 5.73 Å². The van der Waals surface area contributed by atoms with Crippen LogP contribution in [0.15, 0.2) is 23.0 Å². The summed E-state index contributed by atoms with van der Waals surface area (Å²) in [6, 6.07) is 1.90. The molecule has 0 aliphatic heterocycles. The number of hydrogen-bond donors (Lipinski definition) is 1. The van der Waals surface area contributed by atoms with E-state index in [4.69, 9.17) is 10.3 Å². The third kappa shape index (κ3) is 3.22. The molecule has 108 valence electrons. The normalized spacial score (nSPS) is 13.4. The summed E-state index contributed by atoms with van der Waals surface area (Å²) in [5.74, 6) is 1.20. The Balaban J connectivity index is 2.21. The fourth-order valence-corrected chi connectivity index (χ4v) is 1.87. The van der Waals surface area contributed by atoms with Crippen LogP contribution in [0.4, 0.5) is 0 Å². The van der Waals surface area contributed by atoms with Gasteiger partial charge in [0.2, 0.25) is 11.7 Å². The van der Waals surface area contributed by atoms with Gasteiger partial charge in [-0.1, -0.05) is 32.9 Å². The second-order valence-corrected chi connectivity index (χ2v) is 6.07. The van der Waals surface area contributed by atoms with Crippen molar-refractivity contribution >= 4 is 0 Å². The van der Waals surface area contributed by atoms with Crippen molar-refractivity contribution in [1.82, 2.24) is 15.1 Å². The van der Waals surface area contributed by atoms with Crippen LogP contribution in [0.2, 0.25) is 0 Å². The third-order valence-electron chi connectivity index (χ3n) is 3.50. The lowest BCUT2D eigenvalue weighted by atomic mass is 9.85. The maximum atomic E-state index is 6.15. The van der Waals surface area contributed by atoms with Crippen molar-refractivity contribution in [3.63, 3.8) is 0 Å². The van der Waals surface area contributed by atoms with Crippen LogP contribution in [0.3, 0.4) is 0 Å². The first kappa shape index (κ1) is 14.7. The van der Waals surface area contributed by atoms with Crippen molar-refractivity contribution < 1.29 is 4.52 Å². The van der Waals surface area contributed by atoms with E-state index in [1.54, 1.807) is 6.20 Å². The van der Waals surface area contributed by atoms with Crippen molar-refractivity contribution in [3.05, 3.63) is 29.9 Å². The van der Waals surface area contributed by atoms with E-state index in [0.717, 1.165) is 17.5 Å². The number of nitrogens with zero attached hydrogens (tertiary/aromatic N) is 3. The van der Waals surface area contributed by atoms with Crippen LogP contribution in [0, 0.1) is 5.41 Å². The van der Waals surface area contributed by atoms with Gasteiger partial charge in [0.1, 0.15) is 0 Å². The van der Waals surface area contributed by atoms with E-state index in [-0.39, 0.29) is 11.5 Å². The Hall–Kier alpha value is -1.75. The maximum Gasteiger partial charge on any atom is 0.228 e. The van der Waals surface area contributed by atoms with E-state index in [9.17, 15) is 0 Å². The summed E-state index contributed by atoms with van der Waals surface area (Å²) in [5, 5.41) is 4.06. The number of rotatable bonds is 4. The predicted molar refractivity (Wildman–Crippen MR) is 78.0 cm³/mol. The number of aromatic nitrogens is 3. The van der Waals surface area contributed by atoms with Gasteiger partial charge in [0.25, 0.3) is 0 Å². The zero-order valence-corrected chi connectivity index (χ0v) is 12.6. The number of aryl methyl sites for hydroxylation is 1. The topological polar surface area (TPSA) is 77.8 Å². The smallest absolute Gasteiger partial charge is 0.228 e. The van der Waals surface area contributed by atoms with Crippen LogP contribution in [0.5, 0.6) is 0 Å². The molecular weight excluding hydrogens is 252 g/mol. The Bertz CT molecular complexity index is 571. The monoisotopic (exact) mass is 274 g/mol. The van der Waals surface area contributed by atoms with E-state index in [1.165, 1.54) is 0 Å². The molecule has 1 unspecified atom stereocenters. The van der Waals surface area contributed by atoms with Crippen LogP contribution in [-0.2, 0) is 12.8 Å². The zero-order valence-electron chi connectivity index (χ0n) is 12.6. The van der Waals surface area contributed by atoms with E-state index < -0.39 is 0 Å². The molecule has 0 fully saturated rings. The van der Waals surface area contributed by atoms with Gasteiger partial charge in [-0.2, -0.15) is 4.98 Å². The molecule has 0 saturated heterocycles. The summed E-state index contributed by atoms with van der Waals surface area (Å²) in [4.78, 5) is 8.58. The highest BCUT2D eigenvalue weighted by Crippen LogP contribution is 2.23. The summed E-state index contributed by atoms with van der Waals surface area (Å²) >= 11 is 0. The van der Waals surface area contributed by atoms with Gasteiger partial charge in [0.05, 0.1) is 0 Å². The molecule has 2 aromatic heterocycles. The summed E-state index contributed by atoms with van der Waals surface area (Å²) in [5.41, 5.74) is 8.25. The lowest BCUT2D eigenvalue weighted by Gasteiger charge is -2.25. The molecule has 1 atom stereocenters. The van der Waals surface area contributed by atoms with E-state index in [0.29, 0.717) is 18.1 Å². The summed E-state index contributed by atoms with van der Waals surface area (Å²) in [6.45, 7) is 8.39. The van der Waals surface area contributed by atoms with Gasteiger partial charge in [0.15, 0.2) is 0 Å². The molecule has 20 heavy (non-hydrogen) atoms. The SMILES string of the molecule is CCc1cnccc1-c1noc(CC(N)C(C)(C)C)n1. The molecule has 2 N–H and O–H groups in total.